The number of carbonyl (C=O) groups is 1. The summed E-state index contributed by atoms with van der Waals surface area (Å²) in [5, 5.41) is 9.00. The third-order valence-electron chi connectivity index (χ3n) is 4.17. The zero-order valence-electron chi connectivity index (χ0n) is 15.3. The minimum atomic E-state index is -0.246. The van der Waals surface area contributed by atoms with Crippen molar-refractivity contribution in [3.8, 4) is 17.1 Å². The van der Waals surface area contributed by atoms with Crippen LogP contribution < -0.4 is 4.74 Å². The van der Waals surface area contributed by atoms with E-state index in [1.165, 1.54) is 11.8 Å². The van der Waals surface area contributed by atoms with Gasteiger partial charge in [0.2, 0.25) is 0 Å². The predicted molar refractivity (Wildman–Crippen MR) is 104 cm³/mol. The van der Waals surface area contributed by atoms with Gasteiger partial charge in [-0.05, 0) is 38.1 Å². The number of hydrogen-bond donors (Lipinski definition) is 0. The van der Waals surface area contributed by atoms with Crippen LogP contribution in [0.5, 0.6) is 5.75 Å². The van der Waals surface area contributed by atoms with Gasteiger partial charge in [-0.25, -0.2) is 0 Å². The average Bonchev–Trinajstić information content (AvgIpc) is 3.02. The Balaban J connectivity index is 1.76. The van der Waals surface area contributed by atoms with Crippen LogP contribution in [0.4, 0.5) is 0 Å². The Morgan fingerprint density at radius 2 is 1.73 bits per heavy atom. The zero-order chi connectivity index (χ0) is 18.7. The Labute approximate surface area is 157 Å². The van der Waals surface area contributed by atoms with E-state index in [0.717, 1.165) is 22.7 Å². The second-order valence-electron chi connectivity index (χ2n) is 6.08. The molecule has 0 amide bonds. The number of rotatable bonds is 6. The molecule has 0 unspecified atom stereocenters. The predicted octanol–water partition coefficient (Wildman–Crippen LogP) is 4.16. The fourth-order valence-electron chi connectivity index (χ4n) is 2.57. The van der Waals surface area contributed by atoms with Crippen molar-refractivity contribution in [2.75, 3.05) is 7.11 Å². The molecular formula is C20H21N3O2S. The standard InChI is InChI=1S/C20H21N3O2S/c1-13-5-7-15(8-6-13)18(24)14(2)26-20-22-21-19(23(20)3)16-9-11-17(25-4)12-10-16/h5-12,14H,1-4H3/t14-/m0/s1. The van der Waals surface area contributed by atoms with E-state index in [-0.39, 0.29) is 11.0 Å². The molecule has 0 aliphatic heterocycles. The van der Waals surface area contributed by atoms with Crippen molar-refractivity contribution >= 4 is 17.5 Å². The molecule has 0 bridgehead atoms. The van der Waals surface area contributed by atoms with Gasteiger partial charge in [-0.15, -0.1) is 10.2 Å². The van der Waals surface area contributed by atoms with E-state index in [4.69, 9.17) is 4.74 Å². The fraction of sp³-hybridized carbons (Fsp3) is 0.250. The molecule has 0 N–H and O–H groups in total. The van der Waals surface area contributed by atoms with E-state index in [1.807, 2.05) is 74.0 Å². The zero-order valence-corrected chi connectivity index (χ0v) is 16.1. The highest BCUT2D eigenvalue weighted by Gasteiger charge is 2.20. The summed E-state index contributed by atoms with van der Waals surface area (Å²) in [7, 11) is 3.55. The lowest BCUT2D eigenvalue weighted by molar-refractivity contribution is 0.0994. The van der Waals surface area contributed by atoms with Gasteiger partial charge in [0.25, 0.3) is 0 Å². The molecule has 6 heteroatoms. The van der Waals surface area contributed by atoms with Gasteiger partial charge in [0.1, 0.15) is 5.75 Å². The molecule has 0 aliphatic carbocycles. The summed E-state index contributed by atoms with van der Waals surface area (Å²) in [6, 6.07) is 15.3. The molecule has 0 saturated carbocycles. The maximum atomic E-state index is 12.6. The van der Waals surface area contributed by atoms with Gasteiger partial charge >= 0.3 is 0 Å². The van der Waals surface area contributed by atoms with Gasteiger partial charge < -0.3 is 9.30 Å². The van der Waals surface area contributed by atoms with Crippen LogP contribution in [0, 0.1) is 6.92 Å². The number of ketones is 1. The first kappa shape index (κ1) is 18.2. The number of nitrogens with zero attached hydrogens (tertiary/aromatic N) is 3. The topological polar surface area (TPSA) is 57.0 Å². The summed E-state index contributed by atoms with van der Waals surface area (Å²) >= 11 is 1.42. The maximum Gasteiger partial charge on any atom is 0.191 e. The third kappa shape index (κ3) is 3.80. The SMILES string of the molecule is COc1ccc(-c2nnc(S[C@@H](C)C(=O)c3ccc(C)cc3)n2C)cc1. The lowest BCUT2D eigenvalue weighted by Gasteiger charge is -2.10. The maximum absolute atomic E-state index is 12.6. The van der Waals surface area contributed by atoms with E-state index in [1.54, 1.807) is 7.11 Å². The molecule has 0 fully saturated rings. The Hall–Kier alpha value is -2.60. The van der Waals surface area contributed by atoms with E-state index in [9.17, 15) is 4.79 Å². The number of Topliss-reactive ketones (excluding diaryl/α,β-unsaturated/α-hetero) is 1. The van der Waals surface area contributed by atoms with Gasteiger partial charge in [-0.3, -0.25) is 4.79 Å². The second kappa shape index (κ2) is 7.74. The van der Waals surface area contributed by atoms with Crippen LogP contribution in [0.2, 0.25) is 0 Å². The first-order chi connectivity index (χ1) is 12.5. The van der Waals surface area contributed by atoms with Crippen LogP contribution in [0.25, 0.3) is 11.4 Å². The van der Waals surface area contributed by atoms with Crippen molar-refractivity contribution in [1.29, 1.82) is 0 Å². The van der Waals surface area contributed by atoms with Gasteiger partial charge in [0.05, 0.1) is 12.4 Å². The molecule has 5 nitrogen and oxygen atoms in total. The lowest BCUT2D eigenvalue weighted by Crippen LogP contribution is -2.14. The summed E-state index contributed by atoms with van der Waals surface area (Å²) in [6.45, 7) is 3.90. The summed E-state index contributed by atoms with van der Waals surface area (Å²) in [5.74, 6) is 1.64. The third-order valence-corrected chi connectivity index (χ3v) is 5.30. The molecule has 26 heavy (non-hydrogen) atoms. The highest BCUT2D eigenvalue weighted by Crippen LogP contribution is 2.28. The number of aryl methyl sites for hydroxylation is 1. The first-order valence-corrected chi connectivity index (χ1v) is 9.19. The van der Waals surface area contributed by atoms with E-state index in [2.05, 4.69) is 10.2 Å². The minimum absolute atomic E-state index is 0.0870. The van der Waals surface area contributed by atoms with Crippen molar-refractivity contribution in [2.24, 2.45) is 7.05 Å². The summed E-state index contributed by atoms with van der Waals surface area (Å²) < 4.78 is 7.09. The van der Waals surface area contributed by atoms with E-state index >= 15 is 0 Å². The van der Waals surface area contributed by atoms with Crippen molar-refractivity contribution in [2.45, 2.75) is 24.3 Å². The average molecular weight is 367 g/mol. The van der Waals surface area contributed by atoms with Crippen LogP contribution in [0.15, 0.2) is 53.7 Å². The highest BCUT2D eigenvalue weighted by atomic mass is 32.2. The smallest absolute Gasteiger partial charge is 0.191 e. The molecule has 1 aromatic heterocycles. The molecular weight excluding hydrogens is 346 g/mol. The largest absolute Gasteiger partial charge is 0.497 e. The number of ether oxygens (including phenoxy) is 1. The summed E-state index contributed by atoms with van der Waals surface area (Å²) in [6.07, 6.45) is 0. The van der Waals surface area contributed by atoms with Gasteiger partial charge in [0.15, 0.2) is 16.8 Å². The molecule has 134 valence electrons. The van der Waals surface area contributed by atoms with Gasteiger partial charge in [0, 0.05) is 18.2 Å². The molecule has 1 atom stereocenters. The molecule has 3 rings (SSSR count). The van der Waals surface area contributed by atoms with E-state index < -0.39 is 0 Å². The quantitative estimate of drug-likeness (QED) is 0.484. The van der Waals surface area contributed by atoms with Crippen molar-refractivity contribution in [3.63, 3.8) is 0 Å². The Bertz CT molecular complexity index is 902. The van der Waals surface area contributed by atoms with Crippen LogP contribution >= 0.6 is 11.8 Å². The molecule has 3 aromatic rings. The first-order valence-electron chi connectivity index (χ1n) is 8.31. The minimum Gasteiger partial charge on any atom is -0.497 e. The van der Waals surface area contributed by atoms with Crippen LogP contribution in [-0.2, 0) is 7.05 Å². The molecule has 0 aliphatic rings. The van der Waals surface area contributed by atoms with Crippen LogP contribution in [0.3, 0.4) is 0 Å². The Kier molecular flexibility index (Phi) is 5.42. The second-order valence-corrected chi connectivity index (χ2v) is 7.39. The van der Waals surface area contributed by atoms with Gasteiger partial charge in [-0.1, -0.05) is 41.6 Å². The van der Waals surface area contributed by atoms with Crippen LogP contribution in [0.1, 0.15) is 22.8 Å². The lowest BCUT2D eigenvalue weighted by atomic mass is 10.1. The van der Waals surface area contributed by atoms with Crippen LogP contribution in [-0.4, -0.2) is 32.9 Å². The number of benzene rings is 2. The Morgan fingerprint density at radius 3 is 2.35 bits per heavy atom. The monoisotopic (exact) mass is 367 g/mol. The normalized spacial score (nSPS) is 12.0. The fourth-order valence-corrected chi connectivity index (χ4v) is 3.47. The molecule has 0 spiro atoms. The summed E-state index contributed by atoms with van der Waals surface area (Å²) in [4.78, 5) is 12.6. The number of thioether (sulfide) groups is 1. The number of carbonyl (C=O) groups excluding carboxylic acids is 1. The molecule has 2 aromatic carbocycles. The summed E-state index contributed by atoms with van der Waals surface area (Å²) in [5.41, 5.74) is 2.80. The van der Waals surface area contributed by atoms with Crippen molar-refractivity contribution in [3.05, 3.63) is 59.7 Å². The van der Waals surface area contributed by atoms with Crippen molar-refractivity contribution < 1.29 is 9.53 Å². The molecule has 1 heterocycles. The molecule has 0 saturated heterocycles. The number of aromatic nitrogens is 3. The number of hydrogen-bond acceptors (Lipinski definition) is 5. The molecule has 0 radical (unpaired) electrons. The van der Waals surface area contributed by atoms with E-state index in [0.29, 0.717) is 10.7 Å². The Morgan fingerprint density at radius 1 is 1.08 bits per heavy atom. The van der Waals surface area contributed by atoms with Crippen molar-refractivity contribution in [1.82, 2.24) is 14.8 Å². The highest BCUT2D eigenvalue weighted by molar-refractivity contribution is 8.00. The van der Waals surface area contributed by atoms with Gasteiger partial charge in [-0.2, -0.15) is 0 Å². The number of methoxy groups -OCH3 is 1.